The van der Waals surface area contributed by atoms with Crippen LogP contribution < -0.4 is 5.32 Å². The molecule has 0 unspecified atom stereocenters. The number of amides is 1. The van der Waals surface area contributed by atoms with Crippen molar-refractivity contribution in [1.29, 1.82) is 0 Å². The Morgan fingerprint density at radius 2 is 1.90 bits per heavy atom. The van der Waals surface area contributed by atoms with Crippen molar-refractivity contribution in [3.8, 4) is 0 Å². The summed E-state index contributed by atoms with van der Waals surface area (Å²) in [6.07, 6.45) is -7.50. The lowest BCUT2D eigenvalue weighted by Crippen LogP contribution is -2.71. The predicted octanol–water partition coefficient (Wildman–Crippen LogP) is -3.64. The summed E-state index contributed by atoms with van der Waals surface area (Å²) in [5.74, 6) is -3.71. The molecule has 1 amide bonds. The molecule has 1 rings (SSSR count). The quantitative estimate of drug-likeness (QED) is 0.201. The minimum Gasteiger partial charge on any atom is -0.394 e. The van der Waals surface area contributed by atoms with E-state index in [9.17, 15) is 24.7 Å². The number of aliphatic hydroxyl groups is 4. The first-order valence-corrected chi connectivity index (χ1v) is 6.93. The van der Waals surface area contributed by atoms with Gasteiger partial charge in [-0.2, -0.15) is 0 Å². The molecule has 0 aromatic carbocycles. The number of hydrogen-bond acceptors (Lipinski definition) is 8. The summed E-state index contributed by atoms with van der Waals surface area (Å²) < 4.78 is 20.0. The van der Waals surface area contributed by atoms with Gasteiger partial charge in [0.25, 0.3) is 5.91 Å². The van der Waals surface area contributed by atoms with Crippen molar-refractivity contribution in [3.05, 3.63) is 0 Å². The van der Waals surface area contributed by atoms with Crippen molar-refractivity contribution < 1.29 is 48.8 Å². The van der Waals surface area contributed by atoms with Crippen LogP contribution in [0, 0.1) is 0 Å². The Morgan fingerprint density at radius 1 is 1.35 bits per heavy atom. The lowest BCUT2D eigenvalue weighted by atomic mass is 9.96. The summed E-state index contributed by atoms with van der Waals surface area (Å²) in [5.41, 5.74) is 0. The first-order chi connectivity index (χ1) is 9.02. The molecule has 1 saturated heterocycles. The van der Waals surface area contributed by atoms with Crippen molar-refractivity contribution in [2.45, 2.75) is 37.3 Å². The van der Waals surface area contributed by atoms with E-state index >= 15 is 0 Å². The third-order valence-electron chi connectivity index (χ3n) is 2.55. The first-order valence-electron chi connectivity index (χ1n) is 5.40. The maximum absolute atomic E-state index is 11.1. The number of phosphoric ester groups is 1. The van der Waals surface area contributed by atoms with Gasteiger partial charge in [0.2, 0.25) is 5.91 Å². The molecule has 1 aliphatic rings. The normalized spacial score (nSPS) is 38.5. The van der Waals surface area contributed by atoms with Gasteiger partial charge in [0.15, 0.2) is 6.10 Å². The SMILES string of the molecule is CC(=O)N[C@]1(OP(=O)(O)O)O[C@H](CO)[C@@H](O)[C@H](O)[C@H]1O. The Balaban J connectivity index is 3.18. The Kier molecular flexibility index (Phi) is 5.24. The number of hydrogen-bond donors (Lipinski definition) is 7. The Bertz CT molecular complexity index is 410. The maximum Gasteiger partial charge on any atom is 0.473 e. The summed E-state index contributed by atoms with van der Waals surface area (Å²) in [4.78, 5) is 28.7. The maximum atomic E-state index is 11.1. The van der Waals surface area contributed by atoms with Gasteiger partial charge < -0.3 is 40.3 Å². The van der Waals surface area contributed by atoms with Crippen molar-refractivity contribution in [1.82, 2.24) is 5.32 Å². The highest BCUT2D eigenvalue weighted by Crippen LogP contribution is 2.44. The minimum absolute atomic E-state index is 0.864. The standard InChI is InChI=1S/C8H16NO10P/c1-3(11)9-8(19-20(15,16)17)7(14)6(13)5(12)4(2-10)18-8/h4-7,10,12-14H,2H2,1H3,(H,9,11)(H2,15,16,17)/t4-,5-,6+,7-,8+/m1/s1. The van der Waals surface area contributed by atoms with Gasteiger partial charge in [0.1, 0.15) is 18.3 Å². The molecule has 7 N–H and O–H groups in total. The number of carbonyl (C=O) groups is 1. The molecule has 0 saturated carbocycles. The van der Waals surface area contributed by atoms with Crippen LogP contribution in [0.4, 0.5) is 0 Å². The van der Waals surface area contributed by atoms with Crippen molar-refractivity contribution in [3.63, 3.8) is 0 Å². The molecule has 0 aromatic rings. The molecule has 5 atom stereocenters. The van der Waals surface area contributed by atoms with Crippen LogP contribution in [0.5, 0.6) is 0 Å². The van der Waals surface area contributed by atoms with Crippen LogP contribution in [0.3, 0.4) is 0 Å². The molecule has 0 aromatic heterocycles. The van der Waals surface area contributed by atoms with Gasteiger partial charge in [-0.1, -0.05) is 0 Å². The fraction of sp³-hybridized carbons (Fsp3) is 0.875. The molecule has 20 heavy (non-hydrogen) atoms. The van der Waals surface area contributed by atoms with Crippen LogP contribution in [0.15, 0.2) is 0 Å². The number of aliphatic hydroxyl groups excluding tert-OH is 4. The van der Waals surface area contributed by atoms with Crippen LogP contribution in [0.25, 0.3) is 0 Å². The molecule has 11 nitrogen and oxygen atoms in total. The van der Waals surface area contributed by atoms with Crippen LogP contribution in [0.2, 0.25) is 0 Å². The summed E-state index contributed by atoms with van der Waals surface area (Å²) in [7, 11) is -5.25. The van der Waals surface area contributed by atoms with Crippen LogP contribution in [-0.4, -0.2) is 73.1 Å². The molecule has 0 radical (unpaired) electrons. The number of carbonyl (C=O) groups excluding carboxylic acids is 1. The Morgan fingerprint density at radius 3 is 2.30 bits per heavy atom. The monoisotopic (exact) mass is 317 g/mol. The molecule has 1 aliphatic heterocycles. The van der Waals surface area contributed by atoms with Crippen molar-refractivity contribution in [2.75, 3.05) is 6.61 Å². The highest BCUT2D eigenvalue weighted by molar-refractivity contribution is 7.46. The van der Waals surface area contributed by atoms with E-state index in [2.05, 4.69) is 4.52 Å². The molecule has 12 heteroatoms. The average Bonchev–Trinajstić information content (AvgIpc) is 2.28. The highest BCUT2D eigenvalue weighted by Gasteiger charge is 2.58. The number of rotatable bonds is 4. The van der Waals surface area contributed by atoms with E-state index in [1.807, 2.05) is 5.32 Å². The van der Waals surface area contributed by atoms with Crippen molar-refractivity contribution in [2.24, 2.45) is 0 Å². The van der Waals surface area contributed by atoms with E-state index in [0.29, 0.717) is 0 Å². The molecule has 1 heterocycles. The van der Waals surface area contributed by atoms with E-state index in [1.165, 1.54) is 0 Å². The van der Waals surface area contributed by atoms with Crippen molar-refractivity contribution >= 4 is 13.7 Å². The molecule has 0 bridgehead atoms. The molecule has 1 fully saturated rings. The number of nitrogens with one attached hydrogen (secondary N) is 1. The van der Waals surface area contributed by atoms with Gasteiger partial charge in [0.05, 0.1) is 6.61 Å². The van der Waals surface area contributed by atoms with Gasteiger partial charge >= 0.3 is 7.82 Å². The molecule has 0 aliphatic carbocycles. The predicted molar refractivity (Wildman–Crippen MR) is 59.7 cm³/mol. The third-order valence-corrected chi connectivity index (χ3v) is 3.06. The van der Waals surface area contributed by atoms with Crippen LogP contribution in [0.1, 0.15) is 6.92 Å². The van der Waals surface area contributed by atoms with E-state index in [-0.39, 0.29) is 0 Å². The zero-order chi connectivity index (χ0) is 15.7. The summed E-state index contributed by atoms with van der Waals surface area (Å²) in [6, 6.07) is 0. The van der Waals surface area contributed by atoms with E-state index in [4.69, 9.17) is 19.6 Å². The average molecular weight is 317 g/mol. The van der Waals surface area contributed by atoms with Gasteiger partial charge in [-0.3, -0.25) is 4.79 Å². The molecule has 0 spiro atoms. The number of phosphoric acid groups is 1. The summed E-state index contributed by atoms with van der Waals surface area (Å²) in [6.45, 7) is 0.0725. The zero-order valence-electron chi connectivity index (χ0n) is 10.3. The van der Waals surface area contributed by atoms with E-state index in [0.717, 1.165) is 6.92 Å². The highest BCUT2D eigenvalue weighted by atomic mass is 31.2. The minimum atomic E-state index is -5.25. The largest absolute Gasteiger partial charge is 0.473 e. The lowest BCUT2D eigenvalue weighted by Gasteiger charge is -2.47. The van der Waals surface area contributed by atoms with E-state index < -0.39 is 50.7 Å². The molecular formula is C8H16NO10P. The summed E-state index contributed by atoms with van der Waals surface area (Å²) in [5, 5.41) is 39.7. The zero-order valence-corrected chi connectivity index (χ0v) is 11.2. The fourth-order valence-corrected chi connectivity index (χ4v) is 2.31. The summed E-state index contributed by atoms with van der Waals surface area (Å²) >= 11 is 0. The van der Waals surface area contributed by atoms with Gasteiger partial charge in [-0.15, -0.1) is 0 Å². The second-order valence-electron chi connectivity index (χ2n) is 4.20. The van der Waals surface area contributed by atoms with Crippen LogP contribution >= 0.6 is 7.82 Å². The molecule has 118 valence electrons. The lowest BCUT2D eigenvalue weighted by molar-refractivity contribution is -0.349. The number of ether oxygens (including phenoxy) is 1. The third kappa shape index (κ3) is 3.73. The Labute approximate surface area is 113 Å². The first kappa shape index (κ1) is 17.4. The van der Waals surface area contributed by atoms with Gasteiger partial charge in [-0.25, -0.2) is 9.09 Å². The smallest absolute Gasteiger partial charge is 0.394 e. The fourth-order valence-electron chi connectivity index (χ4n) is 1.76. The van der Waals surface area contributed by atoms with Gasteiger partial charge in [-0.05, 0) is 0 Å². The molecular weight excluding hydrogens is 301 g/mol. The topological polar surface area (TPSA) is 186 Å². The second-order valence-corrected chi connectivity index (χ2v) is 5.36. The Hall–Kier alpha value is -0.620. The second kappa shape index (κ2) is 6.02. The van der Waals surface area contributed by atoms with E-state index in [1.54, 1.807) is 0 Å². The van der Waals surface area contributed by atoms with Crippen LogP contribution in [-0.2, 0) is 18.6 Å². The van der Waals surface area contributed by atoms with Gasteiger partial charge in [0, 0.05) is 6.92 Å².